The molecule has 0 unspecified atom stereocenters. The van der Waals surface area contributed by atoms with Crippen molar-refractivity contribution in [3.63, 3.8) is 0 Å². The van der Waals surface area contributed by atoms with Crippen molar-refractivity contribution in [2.75, 3.05) is 6.61 Å². The van der Waals surface area contributed by atoms with E-state index in [0.717, 1.165) is 18.6 Å². The molecule has 1 aromatic heterocycles. The van der Waals surface area contributed by atoms with Crippen molar-refractivity contribution in [1.82, 2.24) is 10.2 Å². The minimum atomic E-state index is -0.982. The molecular weight excluding hydrogens is 503 g/mol. The predicted octanol–water partition coefficient (Wildman–Crippen LogP) is 5.57. The van der Waals surface area contributed by atoms with Crippen molar-refractivity contribution in [2.45, 2.75) is 59.0 Å². The van der Waals surface area contributed by atoms with E-state index in [1.165, 1.54) is 0 Å². The lowest BCUT2D eigenvalue weighted by Crippen LogP contribution is -2.54. The lowest BCUT2D eigenvalue weighted by atomic mass is 9.66. The van der Waals surface area contributed by atoms with Crippen LogP contribution in [-0.2, 0) is 32.2 Å². The topological polar surface area (TPSA) is 88.8 Å². The van der Waals surface area contributed by atoms with Gasteiger partial charge >= 0.3 is 5.97 Å². The Bertz CT molecular complexity index is 1190. The molecule has 1 saturated heterocycles. The monoisotopic (exact) mass is 532 g/mol. The molecule has 2 amide bonds. The number of ether oxygens (including phenoxy) is 1. The highest BCUT2D eigenvalue weighted by Crippen LogP contribution is 2.50. The number of rotatable bonds is 8. The minimum absolute atomic E-state index is 0.0438. The number of allylic oxidation sites excluding steroid dienone is 1. The van der Waals surface area contributed by atoms with Crippen molar-refractivity contribution < 1.29 is 23.5 Å². The number of halogens is 2. The second-order valence-electron chi connectivity index (χ2n) is 9.34. The van der Waals surface area contributed by atoms with Crippen LogP contribution in [0.25, 0.3) is 0 Å². The molecule has 1 aliphatic carbocycles. The number of hydrogen-bond donors (Lipinski definition) is 1. The Morgan fingerprint density at radius 1 is 1.25 bits per heavy atom. The first-order valence-corrected chi connectivity index (χ1v) is 12.9. The molecule has 1 fully saturated rings. The first-order chi connectivity index (χ1) is 17.2. The van der Waals surface area contributed by atoms with Crippen LogP contribution in [0.2, 0.25) is 10.0 Å². The van der Waals surface area contributed by atoms with E-state index in [-0.39, 0.29) is 50.3 Å². The molecule has 0 saturated carbocycles. The van der Waals surface area contributed by atoms with Crippen LogP contribution in [-0.4, -0.2) is 29.3 Å². The van der Waals surface area contributed by atoms with Crippen LogP contribution in [0.4, 0.5) is 0 Å². The molecule has 7 nitrogen and oxygen atoms in total. The fourth-order valence-electron chi connectivity index (χ4n) is 5.15. The number of amides is 2. The standard InChI is InChI=1S/C27H30Cl2N2O5/c1-3-35-26(34)27-11-5-4-6-23(27)31(16-18-8-9-20(28)13-22(18)29)25(33)19(14-27)12-24(32)30-15-21-10-7-17(2)36-21/h6-10,13,19H,3-5,11-12,14-16H2,1-2H3,(H,30,32)/t19-,27+/m1/s1. The summed E-state index contributed by atoms with van der Waals surface area (Å²) in [6, 6.07) is 8.74. The summed E-state index contributed by atoms with van der Waals surface area (Å²) in [6.07, 6.45) is 4.24. The highest BCUT2D eigenvalue weighted by Gasteiger charge is 2.54. The smallest absolute Gasteiger partial charge is 0.318 e. The maximum Gasteiger partial charge on any atom is 0.318 e. The zero-order chi connectivity index (χ0) is 25.9. The highest BCUT2D eigenvalue weighted by atomic mass is 35.5. The third-order valence-corrected chi connectivity index (χ3v) is 7.42. The predicted molar refractivity (Wildman–Crippen MR) is 136 cm³/mol. The van der Waals surface area contributed by atoms with Crippen LogP contribution in [0, 0.1) is 18.3 Å². The van der Waals surface area contributed by atoms with Gasteiger partial charge in [-0.05, 0) is 69.4 Å². The van der Waals surface area contributed by atoms with Crippen LogP contribution >= 0.6 is 23.2 Å². The average molecular weight is 533 g/mol. The molecule has 36 heavy (non-hydrogen) atoms. The molecule has 2 heterocycles. The van der Waals surface area contributed by atoms with Gasteiger partial charge in [-0.15, -0.1) is 0 Å². The third kappa shape index (κ3) is 5.47. The van der Waals surface area contributed by atoms with Gasteiger partial charge in [0.25, 0.3) is 0 Å². The number of esters is 1. The third-order valence-electron chi connectivity index (χ3n) is 6.83. The normalized spacial score (nSPS) is 21.6. The number of likely N-dealkylation sites (tertiary alicyclic amines) is 1. The number of fused-ring (bicyclic) bond motifs is 1. The summed E-state index contributed by atoms with van der Waals surface area (Å²) in [5.74, 6) is -0.144. The van der Waals surface area contributed by atoms with E-state index in [9.17, 15) is 14.4 Å². The number of aryl methyl sites for hydroxylation is 1. The van der Waals surface area contributed by atoms with Gasteiger partial charge in [0, 0.05) is 28.1 Å². The Labute approximate surface area is 220 Å². The van der Waals surface area contributed by atoms with Crippen molar-refractivity contribution in [3.05, 3.63) is 69.2 Å². The minimum Gasteiger partial charge on any atom is -0.465 e. The van der Waals surface area contributed by atoms with Gasteiger partial charge in [0.05, 0.1) is 19.7 Å². The fraction of sp³-hybridized carbons (Fsp3) is 0.444. The number of nitrogens with zero attached hydrogens (tertiary/aromatic N) is 1. The van der Waals surface area contributed by atoms with Crippen molar-refractivity contribution in [3.8, 4) is 0 Å². The Morgan fingerprint density at radius 3 is 2.75 bits per heavy atom. The Balaban J connectivity index is 1.62. The molecule has 1 N–H and O–H groups in total. The Hall–Kier alpha value is -2.77. The van der Waals surface area contributed by atoms with E-state index in [1.807, 2.05) is 19.1 Å². The van der Waals surface area contributed by atoms with Crippen molar-refractivity contribution in [1.29, 1.82) is 0 Å². The molecule has 0 spiro atoms. The number of furan rings is 1. The summed E-state index contributed by atoms with van der Waals surface area (Å²) in [6.45, 7) is 4.23. The van der Waals surface area contributed by atoms with Gasteiger partial charge in [-0.1, -0.05) is 35.3 Å². The van der Waals surface area contributed by atoms with E-state index in [1.54, 1.807) is 36.1 Å². The Morgan fingerprint density at radius 2 is 2.06 bits per heavy atom. The SMILES string of the molecule is CCOC(=O)[C@]12CCCC=C1N(Cc1ccc(Cl)cc1Cl)C(=O)[C@H](CC(=O)NCc1ccc(C)o1)C2. The summed E-state index contributed by atoms with van der Waals surface area (Å²) in [7, 11) is 0. The molecule has 0 bridgehead atoms. The largest absolute Gasteiger partial charge is 0.465 e. The van der Waals surface area contributed by atoms with Crippen LogP contribution in [0.15, 0.2) is 46.5 Å². The van der Waals surface area contributed by atoms with Crippen LogP contribution < -0.4 is 5.32 Å². The molecule has 9 heteroatoms. The van der Waals surface area contributed by atoms with Crippen LogP contribution in [0.5, 0.6) is 0 Å². The summed E-state index contributed by atoms with van der Waals surface area (Å²) in [5.41, 5.74) is 0.368. The maximum absolute atomic E-state index is 13.8. The highest BCUT2D eigenvalue weighted by molar-refractivity contribution is 6.35. The number of piperidine rings is 1. The fourth-order valence-corrected chi connectivity index (χ4v) is 5.62. The van der Waals surface area contributed by atoms with E-state index in [2.05, 4.69) is 5.32 Å². The van der Waals surface area contributed by atoms with Gasteiger partial charge < -0.3 is 19.4 Å². The molecule has 0 radical (unpaired) electrons. The number of hydrogen-bond acceptors (Lipinski definition) is 5. The second kappa shape index (κ2) is 11.1. The van der Waals surface area contributed by atoms with E-state index < -0.39 is 11.3 Å². The van der Waals surface area contributed by atoms with Gasteiger partial charge in [-0.2, -0.15) is 0 Å². The molecule has 2 aliphatic rings. The average Bonchev–Trinajstić information content (AvgIpc) is 3.27. The van der Waals surface area contributed by atoms with Gasteiger partial charge in [0.1, 0.15) is 16.9 Å². The lowest BCUT2D eigenvalue weighted by molar-refractivity contribution is -0.162. The number of carbonyl (C=O) groups excluding carboxylic acids is 3. The molecule has 192 valence electrons. The van der Waals surface area contributed by atoms with Crippen molar-refractivity contribution >= 4 is 41.0 Å². The summed E-state index contributed by atoms with van der Waals surface area (Å²) >= 11 is 12.5. The molecule has 4 rings (SSSR count). The molecule has 2 aromatic rings. The van der Waals surface area contributed by atoms with Gasteiger partial charge in [-0.25, -0.2) is 0 Å². The molecule has 1 aromatic carbocycles. The van der Waals surface area contributed by atoms with E-state index in [0.29, 0.717) is 33.5 Å². The number of nitrogens with one attached hydrogen (secondary N) is 1. The second-order valence-corrected chi connectivity index (χ2v) is 10.2. The zero-order valence-corrected chi connectivity index (χ0v) is 22.0. The number of benzene rings is 1. The lowest BCUT2D eigenvalue weighted by Gasteiger charge is -2.48. The molecular formula is C27H30Cl2N2O5. The summed E-state index contributed by atoms with van der Waals surface area (Å²) in [5, 5.41) is 3.75. The summed E-state index contributed by atoms with van der Waals surface area (Å²) in [4.78, 5) is 41.6. The first-order valence-electron chi connectivity index (χ1n) is 12.2. The zero-order valence-electron chi connectivity index (χ0n) is 20.4. The van der Waals surface area contributed by atoms with Gasteiger partial charge in [0.15, 0.2) is 0 Å². The molecule has 1 aliphatic heterocycles. The van der Waals surface area contributed by atoms with Gasteiger partial charge in [-0.3, -0.25) is 14.4 Å². The first kappa shape index (κ1) is 26.3. The van der Waals surface area contributed by atoms with E-state index >= 15 is 0 Å². The van der Waals surface area contributed by atoms with Gasteiger partial charge in [0.2, 0.25) is 11.8 Å². The van der Waals surface area contributed by atoms with Crippen LogP contribution in [0.1, 0.15) is 56.1 Å². The maximum atomic E-state index is 13.8. The van der Waals surface area contributed by atoms with E-state index in [4.69, 9.17) is 32.4 Å². The van der Waals surface area contributed by atoms with Crippen LogP contribution in [0.3, 0.4) is 0 Å². The van der Waals surface area contributed by atoms with Crippen molar-refractivity contribution in [2.24, 2.45) is 11.3 Å². The molecule has 2 atom stereocenters. The quantitative estimate of drug-likeness (QED) is 0.449. The Kier molecular flexibility index (Phi) is 8.10. The number of carbonyl (C=O) groups is 3. The summed E-state index contributed by atoms with van der Waals surface area (Å²) < 4.78 is 11.0.